The fraction of sp³-hybridized carbons (Fsp3) is 0.400. The van der Waals surface area contributed by atoms with Gasteiger partial charge in [-0.05, 0) is 12.1 Å². The summed E-state index contributed by atoms with van der Waals surface area (Å²) in [5.74, 6) is 0. The Kier molecular flexibility index (Phi) is 16.7. The van der Waals surface area contributed by atoms with Gasteiger partial charge in [-0.3, -0.25) is 19.8 Å². The summed E-state index contributed by atoms with van der Waals surface area (Å²) in [5.41, 5.74) is 1.04. The van der Waals surface area contributed by atoms with Gasteiger partial charge < -0.3 is 0 Å². The zero-order valence-corrected chi connectivity index (χ0v) is 18.2. The molecule has 0 spiro atoms. The first-order chi connectivity index (χ1) is 13.7. The van der Waals surface area contributed by atoms with Gasteiger partial charge >= 0.3 is 0 Å². The molecule has 0 atom stereocenters. The molecule has 0 saturated carbocycles. The predicted molar refractivity (Wildman–Crippen MR) is 117 cm³/mol. The van der Waals surface area contributed by atoms with Gasteiger partial charge in [0.2, 0.25) is 0 Å². The Hall–Kier alpha value is -3.16. The Morgan fingerprint density at radius 1 is 0.643 bits per heavy atom. The highest BCUT2D eigenvalue weighted by molar-refractivity contribution is 5.34. The van der Waals surface area contributed by atoms with Crippen molar-refractivity contribution in [2.24, 2.45) is 0 Å². The summed E-state index contributed by atoms with van der Waals surface area (Å²) in [6.45, 7) is 16.0. The molecule has 28 heavy (non-hydrogen) atoms. The van der Waals surface area contributed by atoms with E-state index in [1.54, 1.807) is 46.0 Å². The molecule has 4 rings (SSSR count). The van der Waals surface area contributed by atoms with Gasteiger partial charge in [0.25, 0.3) is 11.1 Å². The average molecular weight is 391 g/mol. The van der Waals surface area contributed by atoms with Crippen molar-refractivity contribution in [3.05, 3.63) is 69.8 Å². The van der Waals surface area contributed by atoms with Crippen molar-refractivity contribution in [2.45, 2.75) is 55.4 Å². The molecule has 0 aliphatic heterocycles. The van der Waals surface area contributed by atoms with Gasteiger partial charge in [-0.15, -0.1) is 0 Å². The SMILES string of the molecule is CC.CC.CC.CC.O=c1cc2ncccn2[nH]1.O=c1cc2ncccn2[nH]1. The number of nitrogens with one attached hydrogen (secondary N) is 2. The fourth-order valence-electron chi connectivity index (χ4n) is 1.70. The van der Waals surface area contributed by atoms with Gasteiger partial charge in [-0.1, -0.05) is 55.4 Å². The summed E-state index contributed by atoms with van der Waals surface area (Å²) >= 11 is 0. The maximum atomic E-state index is 10.7. The van der Waals surface area contributed by atoms with Gasteiger partial charge in [0, 0.05) is 36.9 Å². The number of rotatable bonds is 0. The smallest absolute Gasteiger partial charge is 0.266 e. The van der Waals surface area contributed by atoms with E-state index in [1.807, 2.05) is 55.4 Å². The molecule has 8 heteroatoms. The minimum absolute atomic E-state index is 0.126. The summed E-state index contributed by atoms with van der Waals surface area (Å²) in [6.07, 6.45) is 6.76. The molecule has 0 saturated heterocycles. The zero-order valence-electron chi connectivity index (χ0n) is 18.2. The summed E-state index contributed by atoms with van der Waals surface area (Å²) < 4.78 is 3.14. The van der Waals surface area contributed by atoms with Crippen molar-refractivity contribution in [3.8, 4) is 0 Å². The summed E-state index contributed by atoms with van der Waals surface area (Å²) in [5, 5.41) is 5.11. The lowest BCUT2D eigenvalue weighted by molar-refractivity contribution is 0.920. The van der Waals surface area contributed by atoms with Gasteiger partial charge in [0.1, 0.15) is 0 Å². The number of aromatic nitrogens is 6. The number of aromatic amines is 2. The topological polar surface area (TPSA) is 100 Å². The van der Waals surface area contributed by atoms with Gasteiger partial charge in [0.05, 0.1) is 0 Å². The molecule has 8 nitrogen and oxygen atoms in total. The van der Waals surface area contributed by atoms with Crippen molar-refractivity contribution in [2.75, 3.05) is 0 Å². The molecule has 0 aliphatic rings. The lowest BCUT2D eigenvalue weighted by Crippen LogP contribution is -1.97. The monoisotopic (exact) mass is 390 g/mol. The molecule has 2 N–H and O–H groups in total. The molecule has 0 radical (unpaired) electrons. The highest BCUT2D eigenvalue weighted by Gasteiger charge is 1.92. The number of nitrogens with zero attached hydrogens (tertiary/aromatic N) is 4. The van der Waals surface area contributed by atoms with Crippen molar-refractivity contribution in [1.82, 2.24) is 29.2 Å². The largest absolute Gasteiger partial charge is 0.268 e. The Bertz CT molecular complexity index is 813. The maximum Gasteiger partial charge on any atom is 0.266 e. The molecule has 4 heterocycles. The summed E-state index contributed by atoms with van der Waals surface area (Å²) in [4.78, 5) is 29.2. The highest BCUT2D eigenvalue weighted by atomic mass is 16.1. The molecule has 0 aliphatic carbocycles. The normalized spacial score (nSPS) is 8.29. The molecule has 0 amide bonds. The van der Waals surface area contributed by atoms with E-state index in [4.69, 9.17) is 0 Å². The van der Waals surface area contributed by atoms with E-state index >= 15 is 0 Å². The van der Waals surface area contributed by atoms with E-state index in [0.29, 0.717) is 11.3 Å². The highest BCUT2D eigenvalue weighted by Crippen LogP contribution is 1.90. The van der Waals surface area contributed by atoms with Crippen molar-refractivity contribution >= 4 is 11.3 Å². The van der Waals surface area contributed by atoms with Gasteiger partial charge in [0.15, 0.2) is 11.3 Å². The van der Waals surface area contributed by atoms with Crippen molar-refractivity contribution in [3.63, 3.8) is 0 Å². The molecule has 0 bridgehead atoms. The first kappa shape index (κ1) is 27.1. The maximum absolute atomic E-state index is 10.7. The predicted octanol–water partition coefficient (Wildman–Crippen LogP) is 4.15. The zero-order chi connectivity index (χ0) is 21.9. The van der Waals surface area contributed by atoms with E-state index in [1.165, 1.54) is 12.1 Å². The van der Waals surface area contributed by atoms with Crippen molar-refractivity contribution in [1.29, 1.82) is 0 Å². The van der Waals surface area contributed by atoms with Crippen LogP contribution in [0, 0.1) is 0 Å². The number of fused-ring (bicyclic) bond motifs is 2. The third-order valence-electron chi connectivity index (χ3n) is 2.53. The second-order valence-corrected chi connectivity index (χ2v) is 3.94. The van der Waals surface area contributed by atoms with Crippen molar-refractivity contribution < 1.29 is 0 Å². The van der Waals surface area contributed by atoms with E-state index in [2.05, 4.69) is 20.2 Å². The van der Waals surface area contributed by atoms with E-state index in [0.717, 1.165) is 0 Å². The lowest BCUT2D eigenvalue weighted by Gasteiger charge is -1.87. The minimum atomic E-state index is -0.126. The van der Waals surface area contributed by atoms with Crippen LogP contribution in [0.1, 0.15) is 55.4 Å². The standard InChI is InChI=1S/2C6H5N3O.4C2H6/c2*10-6-4-5-7-2-1-3-9(5)8-6;4*1-2/h2*1-4H,(H,8,10);4*1-2H3. The van der Waals surface area contributed by atoms with Crippen LogP contribution in [0.2, 0.25) is 0 Å². The van der Waals surface area contributed by atoms with Crippen LogP contribution in [0.25, 0.3) is 11.3 Å². The molecule has 4 aromatic rings. The Morgan fingerprint density at radius 2 is 0.964 bits per heavy atom. The molecular formula is C20H34N6O2. The molecule has 4 aromatic heterocycles. The van der Waals surface area contributed by atoms with Crippen LogP contribution in [0.5, 0.6) is 0 Å². The quantitative estimate of drug-likeness (QED) is 0.471. The molecule has 0 aromatic carbocycles. The second kappa shape index (κ2) is 17.3. The average Bonchev–Trinajstić information content (AvgIpc) is 3.34. The van der Waals surface area contributed by atoms with Crippen LogP contribution in [0.15, 0.2) is 58.6 Å². The first-order valence-electron chi connectivity index (χ1n) is 9.77. The van der Waals surface area contributed by atoms with E-state index in [9.17, 15) is 9.59 Å². The Morgan fingerprint density at radius 3 is 1.25 bits per heavy atom. The van der Waals surface area contributed by atoms with Gasteiger partial charge in [-0.25, -0.2) is 19.0 Å². The molecule has 0 unspecified atom stereocenters. The minimum Gasteiger partial charge on any atom is -0.268 e. The Labute approximate surface area is 166 Å². The van der Waals surface area contributed by atoms with E-state index < -0.39 is 0 Å². The molecular weight excluding hydrogens is 356 g/mol. The van der Waals surface area contributed by atoms with Gasteiger partial charge in [-0.2, -0.15) is 0 Å². The number of hydrogen-bond acceptors (Lipinski definition) is 4. The Balaban J connectivity index is 0. The van der Waals surface area contributed by atoms with Crippen LogP contribution in [-0.2, 0) is 0 Å². The van der Waals surface area contributed by atoms with E-state index in [-0.39, 0.29) is 11.1 Å². The van der Waals surface area contributed by atoms with Crippen LogP contribution in [-0.4, -0.2) is 29.2 Å². The lowest BCUT2D eigenvalue weighted by atomic mass is 10.6. The molecule has 156 valence electrons. The first-order valence-corrected chi connectivity index (χ1v) is 9.77. The fourth-order valence-corrected chi connectivity index (χ4v) is 1.70. The van der Waals surface area contributed by atoms with Crippen LogP contribution in [0.4, 0.5) is 0 Å². The third-order valence-corrected chi connectivity index (χ3v) is 2.53. The third kappa shape index (κ3) is 8.98. The molecule has 0 fully saturated rings. The number of hydrogen-bond donors (Lipinski definition) is 2. The summed E-state index contributed by atoms with van der Waals surface area (Å²) in [7, 11) is 0. The van der Waals surface area contributed by atoms with Crippen LogP contribution in [0.3, 0.4) is 0 Å². The summed E-state index contributed by atoms with van der Waals surface area (Å²) in [6, 6.07) is 6.39. The second-order valence-electron chi connectivity index (χ2n) is 3.94. The number of H-pyrrole nitrogens is 2. The van der Waals surface area contributed by atoms with Crippen LogP contribution >= 0.6 is 0 Å². The van der Waals surface area contributed by atoms with Crippen LogP contribution < -0.4 is 11.1 Å².